The first-order valence-electron chi connectivity index (χ1n) is 3.92. The largest absolute Gasteiger partial charge is 0.479 e. The van der Waals surface area contributed by atoms with Gasteiger partial charge in [-0.15, -0.1) is 0 Å². The Morgan fingerprint density at radius 1 is 1.54 bits per heavy atom. The molecule has 0 saturated heterocycles. The van der Waals surface area contributed by atoms with E-state index in [0.29, 0.717) is 6.42 Å². The van der Waals surface area contributed by atoms with Crippen LogP contribution >= 0.6 is 0 Å². The van der Waals surface area contributed by atoms with E-state index in [4.69, 9.17) is 10.2 Å². The Morgan fingerprint density at radius 3 is 2.62 bits per heavy atom. The Bertz CT molecular complexity index is 271. The zero-order valence-electron chi connectivity index (χ0n) is 7.23. The van der Waals surface area contributed by atoms with Crippen molar-refractivity contribution >= 4 is 12.1 Å². The molecule has 0 radical (unpaired) electrons. The molecule has 1 aliphatic rings. The van der Waals surface area contributed by atoms with Gasteiger partial charge in [0.1, 0.15) is 0 Å². The summed E-state index contributed by atoms with van der Waals surface area (Å²) < 4.78 is 0. The first kappa shape index (κ1) is 9.57. The summed E-state index contributed by atoms with van der Waals surface area (Å²) in [4.78, 5) is 22.2. The molecule has 0 saturated carbocycles. The van der Waals surface area contributed by atoms with E-state index in [1.807, 2.05) is 0 Å². The van der Waals surface area contributed by atoms with Crippen LogP contribution in [-0.4, -0.2) is 39.8 Å². The Balaban J connectivity index is 2.88. The minimum Gasteiger partial charge on any atom is -0.479 e. The van der Waals surface area contributed by atoms with Crippen LogP contribution in [0.5, 0.6) is 0 Å². The van der Waals surface area contributed by atoms with E-state index in [0.717, 1.165) is 10.5 Å². The highest BCUT2D eigenvalue weighted by Gasteiger charge is 2.30. The fraction of sp³-hybridized carbons (Fsp3) is 0.500. The van der Waals surface area contributed by atoms with Gasteiger partial charge < -0.3 is 10.2 Å². The Hall–Kier alpha value is -1.52. The predicted octanol–water partition coefficient (Wildman–Crippen LogP) is 0.770. The third-order valence-corrected chi connectivity index (χ3v) is 2.02. The summed E-state index contributed by atoms with van der Waals surface area (Å²) in [6.07, 6.45) is 0.895. The maximum absolute atomic E-state index is 10.7. The first-order chi connectivity index (χ1) is 6.02. The van der Waals surface area contributed by atoms with Gasteiger partial charge in [0.15, 0.2) is 6.04 Å². The predicted molar refractivity (Wildman–Crippen MR) is 44.5 cm³/mol. The molecule has 0 bridgehead atoms. The third kappa shape index (κ3) is 1.99. The van der Waals surface area contributed by atoms with E-state index in [1.54, 1.807) is 6.92 Å². The lowest BCUT2D eigenvalue weighted by Gasteiger charge is -2.28. The van der Waals surface area contributed by atoms with E-state index in [2.05, 4.69) is 0 Å². The molecule has 1 amide bonds. The fourth-order valence-corrected chi connectivity index (χ4v) is 1.30. The van der Waals surface area contributed by atoms with Crippen molar-refractivity contribution in [1.82, 2.24) is 4.90 Å². The van der Waals surface area contributed by atoms with Crippen molar-refractivity contribution in [3.05, 3.63) is 11.6 Å². The average Bonchev–Trinajstić information content (AvgIpc) is 2.03. The van der Waals surface area contributed by atoms with Gasteiger partial charge >= 0.3 is 12.1 Å². The quantitative estimate of drug-likeness (QED) is 0.591. The molecule has 72 valence electrons. The van der Waals surface area contributed by atoms with Crippen molar-refractivity contribution in [2.45, 2.75) is 19.4 Å². The lowest BCUT2D eigenvalue weighted by Crippen LogP contribution is -2.45. The number of carboxylic acid groups (broad SMARTS) is 2. The number of aliphatic carboxylic acids is 1. The molecular weight excluding hydrogens is 174 g/mol. The van der Waals surface area contributed by atoms with Crippen LogP contribution in [0.2, 0.25) is 0 Å². The molecule has 0 aliphatic carbocycles. The molecule has 0 spiro atoms. The fourth-order valence-electron chi connectivity index (χ4n) is 1.30. The van der Waals surface area contributed by atoms with Crippen LogP contribution < -0.4 is 0 Å². The number of hydrogen-bond donors (Lipinski definition) is 2. The standard InChI is InChI=1S/C8H11NO4/c1-5-2-3-9(8(12)13)6(4-5)7(10)11/h4,6H,2-3H2,1H3,(H,10,11)(H,12,13). The SMILES string of the molecule is CC1=CC(C(=O)O)N(C(=O)O)CC1. The number of hydrogen-bond acceptors (Lipinski definition) is 2. The van der Waals surface area contributed by atoms with E-state index in [-0.39, 0.29) is 6.54 Å². The van der Waals surface area contributed by atoms with Crippen molar-refractivity contribution in [1.29, 1.82) is 0 Å². The molecule has 2 N–H and O–H groups in total. The minimum absolute atomic E-state index is 0.259. The second-order valence-corrected chi connectivity index (χ2v) is 3.02. The lowest BCUT2D eigenvalue weighted by molar-refractivity contribution is -0.141. The van der Waals surface area contributed by atoms with Crippen molar-refractivity contribution in [2.24, 2.45) is 0 Å². The smallest absolute Gasteiger partial charge is 0.408 e. The summed E-state index contributed by atoms with van der Waals surface area (Å²) in [6.45, 7) is 2.06. The molecule has 1 atom stereocenters. The third-order valence-electron chi connectivity index (χ3n) is 2.02. The highest BCUT2D eigenvalue weighted by molar-refractivity contribution is 5.81. The van der Waals surface area contributed by atoms with Crippen molar-refractivity contribution in [2.75, 3.05) is 6.54 Å². The van der Waals surface area contributed by atoms with Crippen LogP contribution in [-0.2, 0) is 4.79 Å². The maximum atomic E-state index is 10.7. The van der Waals surface area contributed by atoms with Gasteiger partial charge in [-0.3, -0.25) is 4.90 Å². The molecule has 0 aromatic heterocycles. The van der Waals surface area contributed by atoms with E-state index < -0.39 is 18.1 Å². The molecule has 1 rings (SSSR count). The molecule has 0 fully saturated rings. The van der Waals surface area contributed by atoms with Crippen molar-refractivity contribution in [3.63, 3.8) is 0 Å². The molecule has 0 aromatic rings. The van der Waals surface area contributed by atoms with Crippen LogP contribution in [0.3, 0.4) is 0 Å². The zero-order chi connectivity index (χ0) is 10.0. The number of carbonyl (C=O) groups is 2. The second kappa shape index (κ2) is 3.47. The lowest BCUT2D eigenvalue weighted by atomic mass is 10.0. The average molecular weight is 185 g/mol. The van der Waals surface area contributed by atoms with Crippen LogP contribution in [0, 0.1) is 0 Å². The van der Waals surface area contributed by atoms with Crippen LogP contribution in [0.25, 0.3) is 0 Å². The van der Waals surface area contributed by atoms with Gasteiger partial charge in [0.05, 0.1) is 0 Å². The van der Waals surface area contributed by atoms with Gasteiger partial charge in [-0.2, -0.15) is 0 Å². The van der Waals surface area contributed by atoms with Gasteiger partial charge in [-0.1, -0.05) is 11.6 Å². The Morgan fingerprint density at radius 2 is 2.15 bits per heavy atom. The van der Waals surface area contributed by atoms with Gasteiger partial charge in [0, 0.05) is 6.54 Å². The van der Waals surface area contributed by atoms with Gasteiger partial charge in [-0.05, 0) is 13.3 Å². The maximum Gasteiger partial charge on any atom is 0.408 e. The molecule has 1 unspecified atom stereocenters. The van der Waals surface area contributed by atoms with E-state index >= 15 is 0 Å². The van der Waals surface area contributed by atoms with Crippen molar-refractivity contribution < 1.29 is 19.8 Å². The number of rotatable bonds is 1. The molecule has 1 heterocycles. The monoisotopic (exact) mass is 185 g/mol. The molecular formula is C8H11NO4. The van der Waals surface area contributed by atoms with Gasteiger partial charge in [0.2, 0.25) is 0 Å². The van der Waals surface area contributed by atoms with E-state index in [9.17, 15) is 9.59 Å². The number of carboxylic acids is 1. The summed E-state index contributed by atoms with van der Waals surface area (Å²) in [5.41, 5.74) is 0.921. The zero-order valence-corrected chi connectivity index (χ0v) is 7.23. The van der Waals surface area contributed by atoms with Crippen LogP contribution in [0.4, 0.5) is 4.79 Å². The summed E-state index contributed by atoms with van der Waals surface area (Å²) in [5.74, 6) is -1.12. The summed E-state index contributed by atoms with van der Waals surface area (Å²) in [6, 6.07) is -1.02. The molecule has 5 heteroatoms. The first-order valence-corrected chi connectivity index (χ1v) is 3.92. The summed E-state index contributed by atoms with van der Waals surface area (Å²) >= 11 is 0. The van der Waals surface area contributed by atoms with Gasteiger partial charge in [0.25, 0.3) is 0 Å². The van der Waals surface area contributed by atoms with Crippen LogP contribution in [0.1, 0.15) is 13.3 Å². The molecule has 0 aromatic carbocycles. The summed E-state index contributed by atoms with van der Waals surface area (Å²) in [7, 11) is 0. The molecule has 1 aliphatic heterocycles. The highest BCUT2D eigenvalue weighted by atomic mass is 16.4. The number of amides is 1. The van der Waals surface area contributed by atoms with Crippen molar-refractivity contribution in [3.8, 4) is 0 Å². The number of nitrogens with zero attached hydrogens (tertiary/aromatic N) is 1. The highest BCUT2D eigenvalue weighted by Crippen LogP contribution is 2.16. The minimum atomic E-state index is -1.18. The molecule has 13 heavy (non-hydrogen) atoms. The molecule has 5 nitrogen and oxygen atoms in total. The normalized spacial score (nSPS) is 22.4. The van der Waals surface area contributed by atoms with E-state index in [1.165, 1.54) is 6.08 Å². The topological polar surface area (TPSA) is 77.8 Å². The summed E-state index contributed by atoms with van der Waals surface area (Å²) in [5, 5.41) is 17.4. The Kier molecular flexibility index (Phi) is 2.55. The van der Waals surface area contributed by atoms with Gasteiger partial charge in [-0.25, -0.2) is 9.59 Å². The van der Waals surface area contributed by atoms with Crippen LogP contribution in [0.15, 0.2) is 11.6 Å². The Labute approximate surface area is 75.3 Å². The second-order valence-electron chi connectivity index (χ2n) is 3.02.